The Morgan fingerprint density at radius 2 is 1.76 bits per heavy atom. The van der Waals surface area contributed by atoms with Crippen LogP contribution in [0.15, 0.2) is 68.0 Å². The maximum absolute atomic E-state index is 10.8. The van der Waals surface area contributed by atoms with Crippen LogP contribution in [0.3, 0.4) is 0 Å². The van der Waals surface area contributed by atoms with E-state index in [9.17, 15) is 4.79 Å². The van der Waals surface area contributed by atoms with Gasteiger partial charge in [-0.25, -0.2) is 4.79 Å². The summed E-state index contributed by atoms with van der Waals surface area (Å²) in [5, 5.41) is 12.2. The standard InChI is InChI=1S/C19H15Br2NO3/c20-14-5-7-16(17(21)9-14)18-8-6-15(25-18)11-22-10-12-1-3-13(4-2-12)19(23)24/h1-9,22H,10-11H2,(H,23,24). The van der Waals surface area contributed by atoms with Crippen LogP contribution in [-0.4, -0.2) is 11.1 Å². The second-order valence-electron chi connectivity index (χ2n) is 5.50. The Hall–Kier alpha value is -1.89. The van der Waals surface area contributed by atoms with Crippen molar-refractivity contribution < 1.29 is 14.3 Å². The second-order valence-corrected chi connectivity index (χ2v) is 7.27. The summed E-state index contributed by atoms with van der Waals surface area (Å²) >= 11 is 6.98. The Kier molecular flexibility index (Phi) is 5.73. The summed E-state index contributed by atoms with van der Waals surface area (Å²) in [5.74, 6) is 0.732. The lowest BCUT2D eigenvalue weighted by atomic mass is 10.1. The molecule has 0 spiro atoms. The predicted molar refractivity (Wildman–Crippen MR) is 103 cm³/mol. The monoisotopic (exact) mass is 463 g/mol. The summed E-state index contributed by atoms with van der Waals surface area (Å²) in [6, 6.07) is 16.7. The fraction of sp³-hybridized carbons (Fsp3) is 0.105. The van der Waals surface area contributed by atoms with E-state index in [-0.39, 0.29) is 0 Å². The quantitative estimate of drug-likeness (QED) is 0.508. The summed E-state index contributed by atoms with van der Waals surface area (Å²) in [7, 11) is 0. The molecule has 0 aliphatic heterocycles. The number of carbonyl (C=O) groups is 1. The number of nitrogens with one attached hydrogen (secondary N) is 1. The van der Waals surface area contributed by atoms with Gasteiger partial charge in [-0.2, -0.15) is 0 Å². The Bertz CT molecular complexity index is 888. The van der Waals surface area contributed by atoms with Crippen LogP contribution in [-0.2, 0) is 13.1 Å². The molecule has 0 amide bonds. The van der Waals surface area contributed by atoms with Crippen molar-refractivity contribution in [2.75, 3.05) is 0 Å². The van der Waals surface area contributed by atoms with E-state index in [1.54, 1.807) is 12.1 Å². The van der Waals surface area contributed by atoms with Crippen LogP contribution in [0.25, 0.3) is 11.3 Å². The highest BCUT2D eigenvalue weighted by atomic mass is 79.9. The molecule has 0 unspecified atom stereocenters. The highest BCUT2D eigenvalue weighted by molar-refractivity contribution is 9.11. The third-order valence-electron chi connectivity index (χ3n) is 3.69. The largest absolute Gasteiger partial charge is 0.478 e. The van der Waals surface area contributed by atoms with Crippen LogP contribution in [0.2, 0.25) is 0 Å². The minimum atomic E-state index is -0.915. The molecule has 2 aromatic carbocycles. The molecule has 0 radical (unpaired) electrons. The molecule has 1 heterocycles. The number of benzene rings is 2. The van der Waals surface area contributed by atoms with Gasteiger partial charge in [0.2, 0.25) is 0 Å². The van der Waals surface area contributed by atoms with Gasteiger partial charge in [0.25, 0.3) is 0 Å². The molecule has 1 aromatic heterocycles. The zero-order valence-corrected chi connectivity index (χ0v) is 16.3. The first-order valence-electron chi connectivity index (χ1n) is 7.60. The van der Waals surface area contributed by atoms with E-state index in [1.807, 2.05) is 42.5 Å². The Morgan fingerprint density at radius 3 is 2.44 bits per heavy atom. The zero-order valence-electron chi connectivity index (χ0n) is 13.1. The molecular weight excluding hydrogens is 450 g/mol. The van der Waals surface area contributed by atoms with Gasteiger partial charge in [-0.15, -0.1) is 0 Å². The first-order valence-corrected chi connectivity index (χ1v) is 9.18. The van der Waals surface area contributed by atoms with E-state index in [0.29, 0.717) is 18.7 Å². The fourth-order valence-electron chi connectivity index (χ4n) is 2.40. The minimum absolute atomic E-state index is 0.291. The van der Waals surface area contributed by atoms with Gasteiger partial charge < -0.3 is 14.8 Å². The normalized spacial score (nSPS) is 10.8. The van der Waals surface area contributed by atoms with Crippen LogP contribution < -0.4 is 5.32 Å². The molecule has 0 saturated carbocycles. The number of rotatable bonds is 6. The Balaban J connectivity index is 1.59. The van der Waals surface area contributed by atoms with Crippen molar-refractivity contribution in [3.8, 4) is 11.3 Å². The number of hydrogen-bond acceptors (Lipinski definition) is 3. The molecule has 6 heteroatoms. The molecule has 25 heavy (non-hydrogen) atoms. The molecule has 0 bridgehead atoms. The van der Waals surface area contributed by atoms with E-state index in [0.717, 1.165) is 31.6 Å². The van der Waals surface area contributed by atoms with Gasteiger partial charge >= 0.3 is 5.97 Å². The zero-order chi connectivity index (χ0) is 17.8. The molecule has 2 N–H and O–H groups in total. The lowest BCUT2D eigenvalue weighted by molar-refractivity contribution is 0.0697. The first-order chi connectivity index (χ1) is 12.0. The van der Waals surface area contributed by atoms with Crippen LogP contribution in [0.1, 0.15) is 21.7 Å². The first kappa shape index (κ1) is 17.9. The van der Waals surface area contributed by atoms with Crippen molar-refractivity contribution in [2.24, 2.45) is 0 Å². The Morgan fingerprint density at radius 1 is 1.00 bits per heavy atom. The number of furan rings is 1. The number of aromatic carboxylic acids is 1. The maximum atomic E-state index is 10.8. The molecule has 3 aromatic rings. The van der Waals surface area contributed by atoms with Crippen molar-refractivity contribution in [1.29, 1.82) is 0 Å². The van der Waals surface area contributed by atoms with Crippen molar-refractivity contribution >= 4 is 37.8 Å². The molecule has 0 fully saturated rings. The molecule has 0 atom stereocenters. The summed E-state index contributed by atoms with van der Waals surface area (Å²) in [6.45, 7) is 1.23. The lowest BCUT2D eigenvalue weighted by Crippen LogP contribution is -2.12. The molecule has 3 rings (SSSR count). The highest BCUT2D eigenvalue weighted by Crippen LogP contribution is 2.31. The summed E-state index contributed by atoms with van der Waals surface area (Å²) in [4.78, 5) is 10.8. The van der Waals surface area contributed by atoms with Gasteiger partial charge in [-0.05, 0) is 64.0 Å². The topological polar surface area (TPSA) is 62.5 Å². The molecule has 0 aliphatic carbocycles. The van der Waals surface area contributed by atoms with Crippen LogP contribution in [0.4, 0.5) is 0 Å². The average molecular weight is 465 g/mol. The molecule has 4 nitrogen and oxygen atoms in total. The second kappa shape index (κ2) is 7.99. The van der Waals surface area contributed by atoms with Crippen molar-refractivity contribution in [3.63, 3.8) is 0 Å². The number of carboxylic acid groups (broad SMARTS) is 1. The summed E-state index contributed by atoms with van der Waals surface area (Å²) < 4.78 is 7.87. The summed E-state index contributed by atoms with van der Waals surface area (Å²) in [6.07, 6.45) is 0. The number of hydrogen-bond donors (Lipinski definition) is 2. The predicted octanol–water partition coefficient (Wildman–Crippen LogP) is 5.46. The van der Waals surface area contributed by atoms with E-state index < -0.39 is 5.97 Å². The molecule has 128 valence electrons. The SMILES string of the molecule is O=C(O)c1ccc(CNCc2ccc(-c3ccc(Br)cc3Br)o2)cc1. The van der Waals surface area contributed by atoms with Gasteiger partial charge in [0.15, 0.2) is 0 Å². The van der Waals surface area contributed by atoms with Crippen LogP contribution in [0.5, 0.6) is 0 Å². The van der Waals surface area contributed by atoms with Crippen molar-refractivity contribution in [2.45, 2.75) is 13.1 Å². The smallest absolute Gasteiger partial charge is 0.335 e. The Labute approximate surface area is 162 Å². The number of carboxylic acids is 1. The molecule has 0 saturated heterocycles. The number of halogens is 2. The van der Waals surface area contributed by atoms with E-state index in [4.69, 9.17) is 9.52 Å². The fourth-order valence-corrected chi connectivity index (χ4v) is 3.64. The molecular formula is C19H15Br2NO3. The van der Waals surface area contributed by atoms with Crippen molar-refractivity contribution in [3.05, 3.63) is 80.4 Å². The lowest BCUT2D eigenvalue weighted by Gasteiger charge is -2.04. The highest BCUT2D eigenvalue weighted by Gasteiger charge is 2.09. The van der Waals surface area contributed by atoms with Crippen LogP contribution >= 0.6 is 31.9 Å². The van der Waals surface area contributed by atoms with E-state index in [1.165, 1.54) is 0 Å². The maximum Gasteiger partial charge on any atom is 0.335 e. The summed E-state index contributed by atoms with van der Waals surface area (Å²) in [5.41, 5.74) is 2.31. The molecule has 0 aliphatic rings. The van der Waals surface area contributed by atoms with E-state index in [2.05, 4.69) is 37.2 Å². The third-order valence-corrected chi connectivity index (χ3v) is 4.84. The van der Waals surface area contributed by atoms with Gasteiger partial charge in [-0.1, -0.05) is 28.1 Å². The van der Waals surface area contributed by atoms with Gasteiger partial charge in [-0.3, -0.25) is 0 Å². The van der Waals surface area contributed by atoms with E-state index >= 15 is 0 Å². The van der Waals surface area contributed by atoms with Gasteiger partial charge in [0, 0.05) is 21.1 Å². The van der Waals surface area contributed by atoms with Gasteiger partial charge in [0.05, 0.1) is 12.1 Å². The van der Waals surface area contributed by atoms with Gasteiger partial charge in [0.1, 0.15) is 11.5 Å². The third kappa shape index (κ3) is 4.60. The van der Waals surface area contributed by atoms with Crippen LogP contribution in [0, 0.1) is 0 Å². The van der Waals surface area contributed by atoms with Crippen molar-refractivity contribution in [1.82, 2.24) is 5.32 Å². The average Bonchev–Trinajstić information content (AvgIpc) is 3.04. The minimum Gasteiger partial charge on any atom is -0.478 e.